The minimum Gasteiger partial charge on any atom is -0.491 e. The van der Waals surface area contributed by atoms with Gasteiger partial charge in [0.05, 0.1) is 28.8 Å². The van der Waals surface area contributed by atoms with Gasteiger partial charge in [0.2, 0.25) is 0 Å². The Kier molecular flexibility index (Phi) is 4.35. The number of aromatic nitrogens is 3. The van der Waals surface area contributed by atoms with Crippen molar-refractivity contribution >= 4 is 28.8 Å². The Morgan fingerprint density at radius 3 is 2.89 bits per heavy atom. The van der Waals surface area contributed by atoms with E-state index in [0.717, 1.165) is 0 Å². The van der Waals surface area contributed by atoms with Crippen molar-refractivity contribution < 1.29 is 13.9 Å². The van der Waals surface area contributed by atoms with Gasteiger partial charge in [0.1, 0.15) is 30.3 Å². The zero-order valence-corrected chi connectivity index (χ0v) is 15.6. The number of benzene rings is 1. The van der Waals surface area contributed by atoms with E-state index in [1.165, 1.54) is 12.3 Å². The zero-order chi connectivity index (χ0) is 19.1. The van der Waals surface area contributed by atoms with Crippen LogP contribution in [0.5, 0.6) is 5.75 Å². The molecule has 3 aromatic rings. The summed E-state index contributed by atoms with van der Waals surface area (Å²) in [5, 5.41) is 4.21. The molecule has 4 rings (SSSR count). The number of anilines is 1. The van der Waals surface area contributed by atoms with Gasteiger partial charge in [-0.2, -0.15) is 5.10 Å². The van der Waals surface area contributed by atoms with Gasteiger partial charge in [-0.1, -0.05) is 11.6 Å². The molecule has 0 N–H and O–H groups in total. The first-order chi connectivity index (χ1) is 13.0. The number of fused-ring (bicyclic) bond motifs is 2. The molecular weight excluding hydrogens is 373 g/mol. The topological polar surface area (TPSA) is 63.0 Å². The summed E-state index contributed by atoms with van der Waals surface area (Å²) in [5.74, 6) is 0.415. The van der Waals surface area contributed by atoms with E-state index in [1.807, 2.05) is 11.9 Å². The highest BCUT2D eigenvalue weighted by atomic mass is 35.5. The van der Waals surface area contributed by atoms with Gasteiger partial charge in [0.25, 0.3) is 5.91 Å². The van der Waals surface area contributed by atoms with Gasteiger partial charge < -0.3 is 14.5 Å². The first-order valence-electron chi connectivity index (χ1n) is 8.35. The smallest absolute Gasteiger partial charge is 0.257 e. The Morgan fingerprint density at radius 1 is 1.26 bits per heavy atom. The van der Waals surface area contributed by atoms with Crippen LogP contribution >= 0.6 is 11.6 Å². The van der Waals surface area contributed by atoms with Crippen molar-refractivity contribution in [3.8, 4) is 5.75 Å². The molecule has 0 spiro atoms. The molecular formula is C18H17ClFN5O2. The fraction of sp³-hybridized carbons (Fsp3) is 0.278. The van der Waals surface area contributed by atoms with Crippen LogP contribution in [0.4, 0.5) is 10.2 Å². The SMILES string of the molecule is CN1CCOc2ccc(F)c(Cl)c2CN(C)c2cc3c(cnn3cn2)C1=O. The second kappa shape index (κ2) is 6.70. The lowest BCUT2D eigenvalue weighted by molar-refractivity contribution is 0.0775. The van der Waals surface area contributed by atoms with E-state index in [2.05, 4.69) is 10.1 Å². The highest BCUT2D eigenvalue weighted by Crippen LogP contribution is 2.31. The van der Waals surface area contributed by atoms with E-state index in [9.17, 15) is 9.18 Å². The Bertz CT molecular complexity index is 1040. The van der Waals surface area contributed by atoms with Crippen LogP contribution in [0.2, 0.25) is 5.02 Å². The largest absolute Gasteiger partial charge is 0.491 e. The van der Waals surface area contributed by atoms with Crippen molar-refractivity contribution in [2.24, 2.45) is 0 Å². The zero-order valence-electron chi connectivity index (χ0n) is 14.8. The van der Waals surface area contributed by atoms with Gasteiger partial charge in [-0.15, -0.1) is 0 Å². The summed E-state index contributed by atoms with van der Waals surface area (Å²) in [7, 11) is 3.51. The molecule has 0 aliphatic carbocycles. The average Bonchev–Trinajstić information content (AvgIpc) is 3.08. The standard InChI is InChI=1S/C18H17ClFN5O2/c1-23-5-6-27-15-4-3-13(20)17(19)12(15)9-24(2)16-7-14-11(18(23)26)8-22-25(14)10-21-16/h3-4,7-8,10H,5-6,9H2,1-2H3. The third-order valence-corrected chi connectivity index (χ3v) is 5.01. The number of likely N-dealkylation sites (N-methyl/N-ethyl adjacent to an activating group) is 1. The van der Waals surface area contributed by atoms with Gasteiger partial charge in [-0.25, -0.2) is 13.9 Å². The summed E-state index contributed by atoms with van der Waals surface area (Å²) in [4.78, 5) is 20.5. The number of carbonyl (C=O) groups excluding carboxylic acids is 1. The quantitative estimate of drug-likeness (QED) is 0.591. The highest BCUT2D eigenvalue weighted by molar-refractivity contribution is 6.31. The normalized spacial score (nSPS) is 15.2. The van der Waals surface area contributed by atoms with Gasteiger partial charge in [0.15, 0.2) is 0 Å². The minimum atomic E-state index is -0.509. The highest BCUT2D eigenvalue weighted by Gasteiger charge is 2.21. The number of ether oxygens (including phenoxy) is 1. The Morgan fingerprint density at radius 2 is 2.07 bits per heavy atom. The maximum absolute atomic E-state index is 14.0. The van der Waals surface area contributed by atoms with E-state index in [0.29, 0.717) is 41.3 Å². The number of hydrogen-bond donors (Lipinski definition) is 0. The maximum Gasteiger partial charge on any atom is 0.257 e. The molecule has 140 valence electrons. The van der Waals surface area contributed by atoms with Crippen molar-refractivity contribution in [2.75, 3.05) is 32.1 Å². The van der Waals surface area contributed by atoms with Crippen LogP contribution in [0.3, 0.4) is 0 Å². The molecule has 2 bridgehead atoms. The Hall–Kier alpha value is -2.87. The molecule has 1 amide bonds. The molecule has 0 saturated carbocycles. The summed E-state index contributed by atoms with van der Waals surface area (Å²) in [5.41, 5.74) is 1.66. The van der Waals surface area contributed by atoms with Crippen molar-refractivity contribution in [1.82, 2.24) is 19.5 Å². The summed E-state index contributed by atoms with van der Waals surface area (Å²) >= 11 is 6.20. The molecule has 1 aliphatic heterocycles. The fourth-order valence-corrected chi connectivity index (χ4v) is 3.25. The second-order valence-corrected chi connectivity index (χ2v) is 6.78. The molecule has 0 saturated heterocycles. The first kappa shape index (κ1) is 17.5. The van der Waals surface area contributed by atoms with Gasteiger partial charge in [-0.3, -0.25) is 4.79 Å². The molecule has 0 radical (unpaired) electrons. The van der Waals surface area contributed by atoms with Crippen molar-refractivity contribution in [2.45, 2.75) is 6.54 Å². The molecule has 3 heterocycles. The van der Waals surface area contributed by atoms with Crippen molar-refractivity contribution in [1.29, 1.82) is 0 Å². The molecule has 0 fully saturated rings. The second-order valence-electron chi connectivity index (χ2n) is 6.40. The Balaban J connectivity index is 1.85. The van der Waals surface area contributed by atoms with Crippen LogP contribution in [0, 0.1) is 5.82 Å². The molecule has 2 aromatic heterocycles. The minimum absolute atomic E-state index is 0.0183. The molecule has 0 unspecified atom stereocenters. The number of halogens is 2. The summed E-state index contributed by atoms with van der Waals surface area (Å²) in [6.07, 6.45) is 3.07. The summed E-state index contributed by atoms with van der Waals surface area (Å²) in [6, 6.07) is 4.60. The molecule has 7 nitrogen and oxygen atoms in total. The van der Waals surface area contributed by atoms with E-state index < -0.39 is 5.82 Å². The van der Waals surface area contributed by atoms with E-state index >= 15 is 0 Å². The summed E-state index contributed by atoms with van der Waals surface area (Å²) < 4.78 is 21.4. The van der Waals surface area contributed by atoms with E-state index in [-0.39, 0.29) is 17.5 Å². The third-order valence-electron chi connectivity index (χ3n) is 4.60. The number of rotatable bonds is 0. The van der Waals surface area contributed by atoms with Crippen LogP contribution in [0.15, 0.2) is 30.7 Å². The number of amides is 1. The molecule has 0 atom stereocenters. The summed E-state index contributed by atoms with van der Waals surface area (Å²) in [6.45, 7) is 0.905. The number of carbonyl (C=O) groups is 1. The maximum atomic E-state index is 14.0. The van der Waals surface area contributed by atoms with E-state index in [4.69, 9.17) is 16.3 Å². The lowest BCUT2D eigenvalue weighted by Gasteiger charge is -2.21. The van der Waals surface area contributed by atoms with Crippen LogP contribution in [0.1, 0.15) is 15.9 Å². The fourth-order valence-electron chi connectivity index (χ4n) is 3.03. The molecule has 1 aliphatic rings. The van der Waals surface area contributed by atoms with Gasteiger partial charge in [0, 0.05) is 32.3 Å². The van der Waals surface area contributed by atoms with Crippen molar-refractivity contribution in [3.63, 3.8) is 0 Å². The van der Waals surface area contributed by atoms with Crippen molar-refractivity contribution in [3.05, 3.63) is 52.7 Å². The van der Waals surface area contributed by atoms with Crippen LogP contribution < -0.4 is 9.64 Å². The van der Waals surface area contributed by atoms with Crippen LogP contribution in [-0.2, 0) is 6.54 Å². The monoisotopic (exact) mass is 389 g/mol. The van der Waals surface area contributed by atoms with Gasteiger partial charge in [-0.05, 0) is 12.1 Å². The average molecular weight is 390 g/mol. The van der Waals surface area contributed by atoms with Crippen LogP contribution in [0.25, 0.3) is 5.52 Å². The predicted octanol–water partition coefficient (Wildman–Crippen LogP) is 2.62. The Labute approximate surface area is 159 Å². The number of nitrogens with zero attached hydrogens (tertiary/aromatic N) is 5. The third kappa shape index (κ3) is 3.06. The lowest BCUT2D eigenvalue weighted by Crippen LogP contribution is -2.30. The lowest BCUT2D eigenvalue weighted by atomic mass is 10.1. The molecule has 1 aromatic carbocycles. The predicted molar refractivity (Wildman–Crippen MR) is 99.0 cm³/mol. The van der Waals surface area contributed by atoms with Gasteiger partial charge >= 0.3 is 0 Å². The first-order valence-corrected chi connectivity index (χ1v) is 8.73. The van der Waals surface area contributed by atoms with Crippen LogP contribution in [-0.4, -0.2) is 52.7 Å². The van der Waals surface area contributed by atoms with E-state index in [1.54, 1.807) is 34.9 Å². The molecule has 9 heteroatoms. The number of hydrogen-bond acceptors (Lipinski definition) is 5. The molecule has 27 heavy (non-hydrogen) atoms.